The zero-order chi connectivity index (χ0) is 23.1. The monoisotopic (exact) mass is 437 g/mol. The average molecular weight is 437 g/mol. The van der Waals surface area contributed by atoms with Gasteiger partial charge in [0.1, 0.15) is 18.1 Å². The highest BCUT2D eigenvalue weighted by Gasteiger charge is 2.27. The van der Waals surface area contributed by atoms with Gasteiger partial charge in [0.2, 0.25) is 6.10 Å². The van der Waals surface area contributed by atoms with Crippen molar-refractivity contribution in [3.63, 3.8) is 0 Å². The molecule has 9 heteroatoms. The maximum absolute atomic E-state index is 12.8. The van der Waals surface area contributed by atoms with Crippen molar-refractivity contribution in [3.8, 4) is 5.75 Å². The topological polar surface area (TPSA) is 120 Å². The molecular weight excluding hydrogens is 414 g/mol. The first-order valence-corrected chi connectivity index (χ1v) is 9.82. The van der Waals surface area contributed by atoms with Gasteiger partial charge in [0, 0.05) is 12.6 Å². The third kappa shape index (κ3) is 5.51. The fraction of sp³-hybridized carbons (Fsp3) is 0.217. The molecule has 0 aliphatic rings. The van der Waals surface area contributed by atoms with E-state index in [-0.39, 0.29) is 12.2 Å². The van der Waals surface area contributed by atoms with E-state index in [4.69, 9.17) is 14.0 Å². The molecule has 0 fully saturated rings. The van der Waals surface area contributed by atoms with Crippen LogP contribution in [0.25, 0.3) is 0 Å². The third-order valence-electron chi connectivity index (χ3n) is 4.66. The van der Waals surface area contributed by atoms with Crippen LogP contribution in [0.15, 0.2) is 59.1 Å². The summed E-state index contributed by atoms with van der Waals surface area (Å²) in [5.74, 6) is -0.417. The van der Waals surface area contributed by atoms with E-state index in [1.54, 1.807) is 55.5 Å². The average Bonchev–Trinajstić information content (AvgIpc) is 3.13. The van der Waals surface area contributed by atoms with Gasteiger partial charge in [-0.25, -0.2) is 9.59 Å². The molecule has 2 N–H and O–H groups in total. The summed E-state index contributed by atoms with van der Waals surface area (Å²) in [6.07, 6.45) is -1.31. The molecule has 3 aromatic rings. The maximum Gasteiger partial charge on any atom is 0.339 e. The van der Waals surface area contributed by atoms with E-state index in [0.29, 0.717) is 17.1 Å². The number of hydrogen-bond donors (Lipinski definition) is 2. The van der Waals surface area contributed by atoms with E-state index in [0.717, 1.165) is 11.3 Å². The van der Waals surface area contributed by atoms with Crippen LogP contribution in [0.4, 0.5) is 4.79 Å². The smallest absolute Gasteiger partial charge is 0.339 e. The molecule has 166 valence electrons. The molecule has 0 bridgehead atoms. The number of esters is 1. The van der Waals surface area contributed by atoms with Crippen LogP contribution in [0.3, 0.4) is 0 Å². The number of nitrogens with one attached hydrogen (secondary N) is 2. The summed E-state index contributed by atoms with van der Waals surface area (Å²) in [6, 6.07) is 14.1. The van der Waals surface area contributed by atoms with Gasteiger partial charge >= 0.3 is 12.0 Å². The Morgan fingerprint density at radius 2 is 1.81 bits per heavy atom. The highest BCUT2D eigenvalue weighted by Crippen LogP contribution is 2.22. The molecule has 1 atom stereocenters. The van der Waals surface area contributed by atoms with Gasteiger partial charge in [-0.05, 0) is 32.0 Å². The van der Waals surface area contributed by atoms with Crippen LogP contribution >= 0.6 is 0 Å². The number of amides is 3. The lowest BCUT2D eigenvalue weighted by Crippen LogP contribution is -2.41. The van der Waals surface area contributed by atoms with Gasteiger partial charge in [-0.2, -0.15) is 0 Å². The Morgan fingerprint density at radius 3 is 2.47 bits per heavy atom. The van der Waals surface area contributed by atoms with E-state index in [9.17, 15) is 14.4 Å². The molecule has 0 spiro atoms. The number of aryl methyl sites for hydroxylation is 2. The number of hydrogen-bond acceptors (Lipinski definition) is 7. The lowest BCUT2D eigenvalue weighted by atomic mass is 10.1. The van der Waals surface area contributed by atoms with Crippen molar-refractivity contribution < 1.29 is 28.4 Å². The summed E-state index contributed by atoms with van der Waals surface area (Å²) in [5.41, 5.74) is 2.17. The van der Waals surface area contributed by atoms with Gasteiger partial charge in [0.05, 0.1) is 16.8 Å². The molecule has 32 heavy (non-hydrogen) atoms. The van der Waals surface area contributed by atoms with Crippen molar-refractivity contribution in [1.82, 2.24) is 15.8 Å². The van der Waals surface area contributed by atoms with Crippen LogP contribution in [0, 0.1) is 13.8 Å². The van der Waals surface area contributed by atoms with Crippen molar-refractivity contribution in [3.05, 3.63) is 82.7 Å². The first kappa shape index (κ1) is 22.5. The maximum atomic E-state index is 12.8. The van der Waals surface area contributed by atoms with Gasteiger partial charge < -0.3 is 19.3 Å². The number of carbonyl (C=O) groups is 3. The zero-order valence-corrected chi connectivity index (χ0v) is 17.9. The fourth-order valence-corrected chi connectivity index (χ4v) is 2.89. The summed E-state index contributed by atoms with van der Waals surface area (Å²) in [4.78, 5) is 36.9. The lowest BCUT2D eigenvalue weighted by Gasteiger charge is -2.17. The largest absolute Gasteiger partial charge is 0.489 e. The Bertz CT molecular complexity index is 1090. The minimum atomic E-state index is -1.31. The Balaban J connectivity index is 1.75. The van der Waals surface area contributed by atoms with Crippen LogP contribution in [0.1, 0.15) is 39.0 Å². The molecule has 0 saturated carbocycles. The van der Waals surface area contributed by atoms with Gasteiger partial charge in [-0.3, -0.25) is 10.1 Å². The van der Waals surface area contributed by atoms with Crippen LogP contribution in [-0.4, -0.2) is 30.1 Å². The first-order chi connectivity index (χ1) is 15.4. The minimum absolute atomic E-state index is 0.190. The Hall–Kier alpha value is -4.14. The number of nitrogens with zero attached hydrogens (tertiary/aromatic N) is 1. The van der Waals surface area contributed by atoms with E-state index in [1.165, 1.54) is 13.1 Å². The number of ether oxygens (including phenoxy) is 2. The quantitative estimate of drug-likeness (QED) is 0.545. The highest BCUT2D eigenvalue weighted by atomic mass is 16.5. The number of benzene rings is 2. The molecule has 1 unspecified atom stereocenters. The molecule has 0 saturated heterocycles. The molecule has 3 rings (SSSR count). The number of carbonyl (C=O) groups excluding carboxylic acids is 3. The van der Waals surface area contributed by atoms with Gasteiger partial charge in [-0.1, -0.05) is 41.6 Å². The summed E-state index contributed by atoms with van der Waals surface area (Å²) < 4.78 is 16.3. The second-order valence-corrected chi connectivity index (χ2v) is 6.88. The van der Waals surface area contributed by atoms with E-state index >= 15 is 0 Å². The number of rotatable bonds is 7. The zero-order valence-electron chi connectivity index (χ0n) is 17.9. The molecule has 3 amide bonds. The molecular formula is C23H23N3O6. The van der Waals surface area contributed by atoms with Crippen LogP contribution < -0.4 is 15.4 Å². The molecule has 9 nitrogen and oxygen atoms in total. The van der Waals surface area contributed by atoms with E-state index < -0.39 is 24.0 Å². The summed E-state index contributed by atoms with van der Waals surface area (Å²) >= 11 is 0. The Morgan fingerprint density at radius 1 is 1.06 bits per heavy atom. The summed E-state index contributed by atoms with van der Waals surface area (Å²) in [6.45, 7) is 3.83. The van der Waals surface area contributed by atoms with Crippen molar-refractivity contribution in [1.29, 1.82) is 0 Å². The second-order valence-electron chi connectivity index (χ2n) is 6.88. The van der Waals surface area contributed by atoms with Crippen LogP contribution in [0.5, 0.6) is 5.75 Å². The summed E-state index contributed by atoms with van der Waals surface area (Å²) in [5, 5.41) is 8.31. The molecule has 0 aliphatic heterocycles. The predicted octanol–water partition coefficient (Wildman–Crippen LogP) is 3.22. The van der Waals surface area contributed by atoms with Crippen molar-refractivity contribution in [2.45, 2.75) is 26.6 Å². The molecule has 1 aromatic heterocycles. The first-order valence-electron chi connectivity index (χ1n) is 9.82. The van der Waals surface area contributed by atoms with E-state index in [2.05, 4.69) is 15.8 Å². The SMILES string of the molecule is CNC(=O)NC(=O)C(OC(=O)c1cccc(OCc2c(C)noc2C)c1)c1ccccc1. The van der Waals surface area contributed by atoms with Gasteiger partial charge in [-0.15, -0.1) is 0 Å². The van der Waals surface area contributed by atoms with Gasteiger partial charge in [0.15, 0.2) is 0 Å². The number of imide groups is 1. The van der Waals surface area contributed by atoms with Crippen LogP contribution in [0.2, 0.25) is 0 Å². The standard InChI is InChI=1S/C23H23N3O6/c1-14-19(15(2)32-26-14)13-30-18-11-7-10-17(12-18)22(28)31-20(16-8-5-4-6-9-16)21(27)25-23(29)24-3/h4-12,20H,13H2,1-3H3,(H2,24,25,27,29). The molecule has 1 heterocycles. The van der Waals surface area contributed by atoms with Crippen molar-refractivity contribution in [2.75, 3.05) is 7.05 Å². The van der Waals surface area contributed by atoms with Crippen molar-refractivity contribution >= 4 is 17.9 Å². The Labute approximate surface area is 184 Å². The van der Waals surface area contributed by atoms with Crippen molar-refractivity contribution in [2.24, 2.45) is 0 Å². The fourth-order valence-electron chi connectivity index (χ4n) is 2.89. The predicted molar refractivity (Wildman–Crippen MR) is 114 cm³/mol. The van der Waals surface area contributed by atoms with Crippen LogP contribution in [-0.2, 0) is 16.1 Å². The lowest BCUT2D eigenvalue weighted by molar-refractivity contribution is -0.129. The third-order valence-corrected chi connectivity index (χ3v) is 4.66. The molecule has 0 radical (unpaired) electrons. The minimum Gasteiger partial charge on any atom is -0.489 e. The Kier molecular flexibility index (Phi) is 7.22. The van der Waals surface area contributed by atoms with E-state index in [1.807, 2.05) is 6.92 Å². The molecule has 0 aliphatic carbocycles. The molecule has 2 aromatic carbocycles. The summed E-state index contributed by atoms with van der Waals surface area (Å²) in [7, 11) is 1.38. The normalized spacial score (nSPS) is 11.3. The number of urea groups is 1. The number of aromatic nitrogens is 1. The van der Waals surface area contributed by atoms with Gasteiger partial charge in [0.25, 0.3) is 5.91 Å². The second kappa shape index (κ2) is 10.3. The highest BCUT2D eigenvalue weighted by molar-refractivity contribution is 5.99.